The highest BCUT2D eigenvalue weighted by Gasteiger charge is 2.09. The molecule has 104 valence electrons. The molecule has 1 unspecified atom stereocenters. The summed E-state index contributed by atoms with van der Waals surface area (Å²) in [5.74, 6) is 1.82. The van der Waals surface area contributed by atoms with Crippen LogP contribution in [0.25, 0.3) is 11.0 Å². The average Bonchev–Trinajstić information content (AvgIpc) is 2.78. The number of imidazole rings is 1. The van der Waals surface area contributed by atoms with Crippen molar-refractivity contribution in [3.63, 3.8) is 0 Å². The van der Waals surface area contributed by atoms with E-state index in [0.717, 1.165) is 46.6 Å². The molecule has 19 heavy (non-hydrogen) atoms. The zero-order valence-electron chi connectivity index (χ0n) is 11.5. The first-order valence-corrected chi connectivity index (χ1v) is 7.86. The third-order valence-corrected chi connectivity index (χ3v) is 4.05. The van der Waals surface area contributed by atoms with E-state index in [9.17, 15) is 0 Å². The summed E-state index contributed by atoms with van der Waals surface area (Å²) in [5.41, 5.74) is 7.83. The number of nitrogens with two attached hydrogens (primary N) is 1. The number of benzene rings is 1. The fourth-order valence-corrected chi connectivity index (χ4v) is 2.93. The predicted octanol–water partition coefficient (Wildman–Crippen LogP) is 4.02. The van der Waals surface area contributed by atoms with Gasteiger partial charge in [-0.1, -0.05) is 35.7 Å². The van der Waals surface area contributed by atoms with Gasteiger partial charge in [-0.05, 0) is 43.5 Å². The van der Waals surface area contributed by atoms with Gasteiger partial charge in [-0.25, -0.2) is 4.98 Å². The second kappa shape index (κ2) is 7.06. The van der Waals surface area contributed by atoms with Crippen LogP contribution in [0.2, 0.25) is 0 Å². The third kappa shape index (κ3) is 4.05. The highest BCUT2D eigenvalue weighted by atomic mass is 79.9. The lowest BCUT2D eigenvalue weighted by atomic mass is 9.94. The maximum Gasteiger partial charge on any atom is 0.107 e. The normalized spacial score (nSPS) is 13.0. The Balaban J connectivity index is 2.00. The Hall–Kier alpha value is -0.870. The van der Waals surface area contributed by atoms with Crippen LogP contribution in [0.5, 0.6) is 0 Å². The third-order valence-electron chi connectivity index (χ3n) is 3.55. The minimum absolute atomic E-state index is 0.731. The highest BCUT2D eigenvalue weighted by Crippen LogP contribution is 2.21. The molecule has 4 heteroatoms. The predicted molar refractivity (Wildman–Crippen MR) is 84.2 cm³/mol. The van der Waals surface area contributed by atoms with Crippen molar-refractivity contribution in [2.24, 2.45) is 11.7 Å². The number of rotatable bonds is 7. The van der Waals surface area contributed by atoms with Crippen LogP contribution in [0.1, 0.15) is 38.4 Å². The molecule has 2 rings (SSSR count). The molecule has 1 heterocycles. The monoisotopic (exact) mass is 323 g/mol. The molecule has 0 aliphatic rings. The summed E-state index contributed by atoms with van der Waals surface area (Å²) in [4.78, 5) is 8.04. The summed E-state index contributed by atoms with van der Waals surface area (Å²) in [7, 11) is 0. The molecule has 0 fully saturated rings. The SMILES string of the molecule is CCCC(CCN)CCc1nc2ccc(Br)cc2[nH]1. The number of aromatic amines is 1. The highest BCUT2D eigenvalue weighted by molar-refractivity contribution is 9.10. The maximum absolute atomic E-state index is 5.68. The smallest absolute Gasteiger partial charge is 0.107 e. The summed E-state index contributed by atoms with van der Waals surface area (Å²) < 4.78 is 1.09. The van der Waals surface area contributed by atoms with Crippen LogP contribution < -0.4 is 5.73 Å². The van der Waals surface area contributed by atoms with Crippen LogP contribution in [0, 0.1) is 5.92 Å². The lowest BCUT2D eigenvalue weighted by molar-refractivity contribution is 0.418. The summed E-state index contributed by atoms with van der Waals surface area (Å²) in [6, 6.07) is 6.15. The van der Waals surface area contributed by atoms with Crippen LogP contribution in [0.3, 0.4) is 0 Å². The summed E-state index contributed by atoms with van der Waals surface area (Å²) >= 11 is 3.48. The fraction of sp³-hybridized carbons (Fsp3) is 0.533. The van der Waals surface area contributed by atoms with Crippen molar-refractivity contribution in [2.75, 3.05) is 6.54 Å². The number of nitrogens with one attached hydrogen (secondary N) is 1. The number of aromatic nitrogens is 2. The number of hydrogen-bond acceptors (Lipinski definition) is 2. The van der Waals surface area contributed by atoms with Gasteiger partial charge in [0.05, 0.1) is 11.0 Å². The molecule has 0 aliphatic heterocycles. The van der Waals surface area contributed by atoms with Gasteiger partial charge >= 0.3 is 0 Å². The Labute approximate surface area is 123 Å². The van der Waals surface area contributed by atoms with Gasteiger partial charge < -0.3 is 10.7 Å². The second-order valence-corrected chi connectivity index (χ2v) is 6.03. The molecule has 1 atom stereocenters. The van der Waals surface area contributed by atoms with Crippen molar-refractivity contribution < 1.29 is 0 Å². The Kier molecular flexibility index (Phi) is 5.40. The van der Waals surface area contributed by atoms with E-state index in [1.165, 1.54) is 19.3 Å². The number of aryl methyl sites for hydroxylation is 1. The van der Waals surface area contributed by atoms with E-state index in [4.69, 9.17) is 5.73 Å². The van der Waals surface area contributed by atoms with Crippen LogP contribution in [0.15, 0.2) is 22.7 Å². The van der Waals surface area contributed by atoms with Gasteiger partial charge in [0.1, 0.15) is 5.82 Å². The van der Waals surface area contributed by atoms with Crippen LogP contribution >= 0.6 is 15.9 Å². The van der Waals surface area contributed by atoms with E-state index in [1.54, 1.807) is 0 Å². The van der Waals surface area contributed by atoms with Crippen molar-refractivity contribution in [1.82, 2.24) is 9.97 Å². The van der Waals surface area contributed by atoms with E-state index < -0.39 is 0 Å². The van der Waals surface area contributed by atoms with Crippen LogP contribution in [-0.2, 0) is 6.42 Å². The number of H-pyrrole nitrogens is 1. The van der Waals surface area contributed by atoms with E-state index in [0.29, 0.717) is 0 Å². The number of fused-ring (bicyclic) bond motifs is 1. The van der Waals surface area contributed by atoms with Crippen molar-refractivity contribution in [2.45, 2.75) is 39.0 Å². The van der Waals surface area contributed by atoms with Crippen molar-refractivity contribution >= 4 is 27.0 Å². The first kappa shape index (κ1) is 14.5. The quantitative estimate of drug-likeness (QED) is 0.808. The van der Waals surface area contributed by atoms with Crippen molar-refractivity contribution in [3.8, 4) is 0 Å². The van der Waals surface area contributed by atoms with Gasteiger partial charge in [0.25, 0.3) is 0 Å². The first-order valence-electron chi connectivity index (χ1n) is 7.07. The van der Waals surface area contributed by atoms with Gasteiger partial charge in [-0.3, -0.25) is 0 Å². The van der Waals surface area contributed by atoms with Crippen LogP contribution in [-0.4, -0.2) is 16.5 Å². The molecular formula is C15H22BrN3. The molecule has 3 nitrogen and oxygen atoms in total. The lowest BCUT2D eigenvalue weighted by Crippen LogP contribution is -2.10. The van der Waals surface area contributed by atoms with E-state index in [1.807, 2.05) is 12.1 Å². The lowest BCUT2D eigenvalue weighted by Gasteiger charge is -2.13. The topological polar surface area (TPSA) is 54.7 Å². The molecule has 2 aromatic rings. The largest absolute Gasteiger partial charge is 0.342 e. The van der Waals surface area contributed by atoms with E-state index in [2.05, 4.69) is 38.9 Å². The summed E-state index contributed by atoms with van der Waals surface area (Å²) in [6.07, 6.45) is 5.81. The zero-order valence-corrected chi connectivity index (χ0v) is 13.0. The van der Waals surface area contributed by atoms with E-state index in [-0.39, 0.29) is 0 Å². The number of halogens is 1. The summed E-state index contributed by atoms with van der Waals surface area (Å²) in [5, 5.41) is 0. The molecule has 0 amide bonds. The van der Waals surface area contributed by atoms with Gasteiger partial charge in [-0.2, -0.15) is 0 Å². The van der Waals surface area contributed by atoms with Crippen molar-refractivity contribution in [3.05, 3.63) is 28.5 Å². The Bertz CT molecular complexity index is 515. The molecule has 0 radical (unpaired) electrons. The van der Waals surface area contributed by atoms with Crippen molar-refractivity contribution in [1.29, 1.82) is 0 Å². The average molecular weight is 324 g/mol. The molecule has 0 spiro atoms. The summed E-state index contributed by atoms with van der Waals surface area (Å²) in [6.45, 7) is 3.03. The minimum Gasteiger partial charge on any atom is -0.342 e. The molecule has 1 aromatic heterocycles. The first-order chi connectivity index (χ1) is 9.22. The molecule has 3 N–H and O–H groups in total. The Morgan fingerprint density at radius 3 is 2.89 bits per heavy atom. The van der Waals surface area contributed by atoms with Gasteiger partial charge in [0.2, 0.25) is 0 Å². The fourth-order valence-electron chi connectivity index (χ4n) is 2.57. The Morgan fingerprint density at radius 1 is 1.32 bits per heavy atom. The minimum atomic E-state index is 0.731. The second-order valence-electron chi connectivity index (χ2n) is 5.12. The van der Waals surface area contributed by atoms with Gasteiger partial charge in [-0.15, -0.1) is 0 Å². The standard InChI is InChI=1S/C15H22BrN3/c1-2-3-11(8-9-17)4-7-15-18-13-6-5-12(16)10-14(13)19-15/h5-6,10-11H,2-4,7-9,17H2,1H3,(H,18,19). The molecule has 0 saturated heterocycles. The number of nitrogens with zero attached hydrogens (tertiary/aromatic N) is 1. The molecule has 1 aromatic carbocycles. The van der Waals surface area contributed by atoms with Gasteiger partial charge in [0.15, 0.2) is 0 Å². The van der Waals surface area contributed by atoms with E-state index >= 15 is 0 Å². The maximum atomic E-state index is 5.68. The van der Waals surface area contributed by atoms with Gasteiger partial charge in [0, 0.05) is 10.9 Å². The van der Waals surface area contributed by atoms with Crippen LogP contribution in [0.4, 0.5) is 0 Å². The molecule has 0 saturated carbocycles. The molecular weight excluding hydrogens is 302 g/mol. The molecule has 0 bridgehead atoms. The molecule has 0 aliphatic carbocycles. The zero-order chi connectivity index (χ0) is 13.7. The Morgan fingerprint density at radius 2 is 2.16 bits per heavy atom. The number of hydrogen-bond donors (Lipinski definition) is 2.